The van der Waals surface area contributed by atoms with Gasteiger partial charge < -0.3 is 10.6 Å². The second-order valence-corrected chi connectivity index (χ2v) is 4.00. The average Bonchev–Trinajstić information content (AvgIpc) is 2.97. The molecule has 0 atom stereocenters. The number of rotatable bonds is 5. The van der Waals surface area contributed by atoms with Crippen LogP contribution in [0.4, 0.5) is 11.4 Å². The molecule has 0 aliphatic carbocycles. The van der Waals surface area contributed by atoms with Gasteiger partial charge in [-0.15, -0.1) is 0 Å². The van der Waals surface area contributed by atoms with Gasteiger partial charge in [-0.1, -0.05) is 6.07 Å². The van der Waals surface area contributed by atoms with Crippen molar-refractivity contribution in [2.75, 3.05) is 12.4 Å². The Morgan fingerprint density at radius 2 is 2.30 bits per heavy atom. The summed E-state index contributed by atoms with van der Waals surface area (Å²) in [6, 6.07) is 4.36. The number of carbonyl (C=O) groups is 1. The molecule has 0 aliphatic rings. The summed E-state index contributed by atoms with van der Waals surface area (Å²) in [5, 5.41) is 22.7. The lowest BCUT2D eigenvalue weighted by molar-refractivity contribution is -0.384. The summed E-state index contributed by atoms with van der Waals surface area (Å²) < 4.78 is 0. The highest BCUT2D eigenvalue weighted by Crippen LogP contribution is 2.27. The number of amides is 1. The molecule has 8 nitrogen and oxygen atoms in total. The number of carbonyl (C=O) groups excluding carboxylic acids is 1. The fourth-order valence-electron chi connectivity index (χ4n) is 1.80. The van der Waals surface area contributed by atoms with Crippen molar-refractivity contribution in [2.24, 2.45) is 0 Å². The van der Waals surface area contributed by atoms with E-state index in [2.05, 4.69) is 20.8 Å². The first kappa shape index (κ1) is 13.5. The van der Waals surface area contributed by atoms with Crippen LogP contribution in [0, 0.1) is 10.1 Å². The molecule has 0 radical (unpaired) electrons. The van der Waals surface area contributed by atoms with Crippen molar-refractivity contribution in [3.63, 3.8) is 0 Å². The van der Waals surface area contributed by atoms with E-state index in [1.165, 1.54) is 25.2 Å². The van der Waals surface area contributed by atoms with Crippen molar-refractivity contribution in [3.8, 4) is 0 Å². The molecular formula is C12H13N5O3. The second-order valence-electron chi connectivity index (χ2n) is 4.00. The van der Waals surface area contributed by atoms with E-state index < -0.39 is 4.92 Å². The number of nitrogens with one attached hydrogen (secondary N) is 3. The summed E-state index contributed by atoms with van der Waals surface area (Å²) in [5.74, 6) is -0.390. The van der Waals surface area contributed by atoms with Gasteiger partial charge in [-0.2, -0.15) is 5.10 Å². The zero-order valence-electron chi connectivity index (χ0n) is 10.7. The second kappa shape index (κ2) is 5.83. The van der Waals surface area contributed by atoms with Crippen molar-refractivity contribution in [1.29, 1.82) is 0 Å². The van der Waals surface area contributed by atoms with Crippen LogP contribution in [0.25, 0.3) is 0 Å². The Balaban J connectivity index is 2.21. The van der Waals surface area contributed by atoms with Gasteiger partial charge in [0.15, 0.2) is 0 Å². The van der Waals surface area contributed by atoms with E-state index >= 15 is 0 Å². The first-order valence-corrected chi connectivity index (χ1v) is 5.84. The quantitative estimate of drug-likeness (QED) is 0.562. The van der Waals surface area contributed by atoms with Crippen LogP contribution >= 0.6 is 0 Å². The van der Waals surface area contributed by atoms with E-state index in [0.29, 0.717) is 6.54 Å². The number of nitro groups is 1. The molecule has 0 saturated carbocycles. The molecule has 1 amide bonds. The number of aromatic nitrogens is 2. The van der Waals surface area contributed by atoms with Gasteiger partial charge in [0, 0.05) is 31.4 Å². The number of H-pyrrole nitrogens is 1. The molecule has 8 heteroatoms. The zero-order valence-corrected chi connectivity index (χ0v) is 10.7. The molecule has 1 aromatic heterocycles. The largest absolute Gasteiger partial charge is 0.382 e. The molecule has 0 bridgehead atoms. The Bertz CT molecular complexity index is 624. The summed E-state index contributed by atoms with van der Waals surface area (Å²) in [4.78, 5) is 22.5. The van der Waals surface area contributed by atoms with Crippen molar-refractivity contribution in [1.82, 2.24) is 15.5 Å². The van der Waals surface area contributed by atoms with Gasteiger partial charge in [-0.05, 0) is 6.07 Å². The van der Waals surface area contributed by atoms with Crippen molar-refractivity contribution in [3.05, 3.63) is 51.8 Å². The van der Waals surface area contributed by atoms with Crippen LogP contribution in [0.5, 0.6) is 0 Å². The highest BCUT2D eigenvalue weighted by Gasteiger charge is 2.20. The van der Waals surface area contributed by atoms with Gasteiger partial charge >= 0.3 is 0 Å². The summed E-state index contributed by atoms with van der Waals surface area (Å²) >= 11 is 0. The fraction of sp³-hybridized carbons (Fsp3) is 0.167. The molecule has 0 spiro atoms. The van der Waals surface area contributed by atoms with Crippen LogP contribution < -0.4 is 10.6 Å². The van der Waals surface area contributed by atoms with E-state index in [1.807, 2.05) is 0 Å². The minimum atomic E-state index is -0.529. The number of para-hydroxylation sites is 1. The third kappa shape index (κ3) is 2.74. The molecule has 20 heavy (non-hydrogen) atoms. The third-order valence-corrected chi connectivity index (χ3v) is 2.74. The molecule has 0 aliphatic heterocycles. The smallest absolute Gasteiger partial charge is 0.293 e. The van der Waals surface area contributed by atoms with Crippen molar-refractivity contribution >= 4 is 17.3 Å². The minimum Gasteiger partial charge on any atom is -0.382 e. The van der Waals surface area contributed by atoms with Gasteiger partial charge in [0.25, 0.3) is 11.6 Å². The van der Waals surface area contributed by atoms with Gasteiger partial charge in [0.2, 0.25) is 0 Å². The lowest BCUT2D eigenvalue weighted by Gasteiger charge is -2.09. The van der Waals surface area contributed by atoms with E-state index in [9.17, 15) is 14.9 Å². The number of nitro benzene ring substituents is 1. The van der Waals surface area contributed by atoms with E-state index in [1.54, 1.807) is 12.4 Å². The molecule has 2 rings (SSSR count). The van der Waals surface area contributed by atoms with Crippen LogP contribution in [-0.2, 0) is 6.54 Å². The first-order chi connectivity index (χ1) is 9.63. The predicted molar refractivity (Wildman–Crippen MR) is 72.4 cm³/mol. The molecule has 0 saturated heterocycles. The molecule has 1 heterocycles. The Hall–Kier alpha value is -2.90. The monoisotopic (exact) mass is 275 g/mol. The molecule has 3 N–H and O–H groups in total. The molecule has 0 unspecified atom stereocenters. The molecule has 104 valence electrons. The van der Waals surface area contributed by atoms with Crippen molar-refractivity contribution < 1.29 is 9.72 Å². The normalized spacial score (nSPS) is 10.1. The maximum absolute atomic E-state index is 12.1. The first-order valence-electron chi connectivity index (χ1n) is 5.84. The number of hydrogen-bond acceptors (Lipinski definition) is 5. The van der Waals surface area contributed by atoms with Crippen LogP contribution in [0.1, 0.15) is 15.9 Å². The van der Waals surface area contributed by atoms with Crippen LogP contribution in [0.2, 0.25) is 0 Å². The van der Waals surface area contributed by atoms with E-state index in [0.717, 1.165) is 5.56 Å². The Morgan fingerprint density at radius 1 is 1.50 bits per heavy atom. The highest BCUT2D eigenvalue weighted by atomic mass is 16.6. The summed E-state index contributed by atoms with van der Waals surface area (Å²) in [5.41, 5.74) is 1.10. The number of hydrogen-bond donors (Lipinski definition) is 3. The maximum atomic E-state index is 12.1. The summed E-state index contributed by atoms with van der Waals surface area (Å²) in [6.45, 7) is 0.293. The summed E-state index contributed by atoms with van der Waals surface area (Å²) in [7, 11) is 1.54. The van der Waals surface area contributed by atoms with E-state index in [-0.39, 0.29) is 22.8 Å². The van der Waals surface area contributed by atoms with Crippen molar-refractivity contribution in [2.45, 2.75) is 6.54 Å². The van der Waals surface area contributed by atoms with Crippen LogP contribution in [-0.4, -0.2) is 28.1 Å². The Kier molecular flexibility index (Phi) is 3.94. The fourth-order valence-corrected chi connectivity index (χ4v) is 1.80. The number of aromatic amines is 1. The van der Waals surface area contributed by atoms with Crippen LogP contribution in [0.15, 0.2) is 30.6 Å². The van der Waals surface area contributed by atoms with Gasteiger partial charge in [-0.25, -0.2) is 0 Å². The minimum absolute atomic E-state index is 0.136. The maximum Gasteiger partial charge on any atom is 0.293 e. The summed E-state index contributed by atoms with van der Waals surface area (Å²) in [6.07, 6.45) is 3.25. The average molecular weight is 275 g/mol. The van der Waals surface area contributed by atoms with Crippen LogP contribution in [0.3, 0.4) is 0 Å². The number of anilines is 1. The van der Waals surface area contributed by atoms with Gasteiger partial charge in [0.05, 0.1) is 16.7 Å². The lowest BCUT2D eigenvalue weighted by atomic mass is 10.1. The topological polar surface area (TPSA) is 113 Å². The Labute approximate surface area is 114 Å². The molecular weight excluding hydrogens is 262 g/mol. The predicted octanol–water partition coefficient (Wildman–Crippen LogP) is 1.29. The standard InChI is InChI=1S/C12H13N5O3/c1-13-11-9(3-2-4-10(11)17(19)20)12(18)14-5-8-6-15-16-7-8/h2-4,6-7,13H,5H2,1H3,(H,14,18)(H,15,16). The SMILES string of the molecule is CNc1c(C(=O)NCc2cn[nH]c2)cccc1[N+](=O)[O-]. The number of nitrogens with zero attached hydrogens (tertiary/aromatic N) is 2. The van der Waals surface area contributed by atoms with Gasteiger partial charge in [-0.3, -0.25) is 20.0 Å². The lowest BCUT2D eigenvalue weighted by Crippen LogP contribution is -2.23. The van der Waals surface area contributed by atoms with Gasteiger partial charge in [0.1, 0.15) is 5.69 Å². The highest BCUT2D eigenvalue weighted by molar-refractivity contribution is 6.01. The zero-order chi connectivity index (χ0) is 14.5. The Morgan fingerprint density at radius 3 is 2.90 bits per heavy atom. The number of benzene rings is 1. The molecule has 1 aromatic carbocycles. The molecule has 0 fully saturated rings. The van der Waals surface area contributed by atoms with E-state index in [4.69, 9.17) is 0 Å². The molecule has 2 aromatic rings. The third-order valence-electron chi connectivity index (χ3n) is 2.74.